The van der Waals surface area contributed by atoms with Crippen LogP contribution in [0.2, 0.25) is 0 Å². The summed E-state index contributed by atoms with van der Waals surface area (Å²) in [6, 6.07) is 6.53. The minimum absolute atomic E-state index is 0.245. The first-order valence-corrected chi connectivity index (χ1v) is 7.73. The van der Waals surface area contributed by atoms with Crippen molar-refractivity contribution in [1.82, 2.24) is 4.98 Å². The summed E-state index contributed by atoms with van der Waals surface area (Å²) in [5.41, 5.74) is -6.58. The second kappa shape index (κ2) is 7.97. The van der Waals surface area contributed by atoms with Gasteiger partial charge in [-0.15, -0.1) is 0 Å². The van der Waals surface area contributed by atoms with Gasteiger partial charge in [0.05, 0.1) is 12.2 Å². The number of pyridine rings is 1. The molecule has 0 aliphatic heterocycles. The van der Waals surface area contributed by atoms with Gasteiger partial charge >= 0.3 is 24.3 Å². The molecular formula is C17H11F6NO5. The lowest BCUT2D eigenvalue weighted by molar-refractivity contribution is -0.151. The molecule has 0 radical (unpaired) electrons. The number of esters is 1. The molecule has 0 bridgehead atoms. The molecule has 0 aliphatic carbocycles. The van der Waals surface area contributed by atoms with E-state index in [4.69, 9.17) is 4.74 Å². The second-order valence-corrected chi connectivity index (χ2v) is 5.33. The molecule has 0 fully saturated rings. The van der Waals surface area contributed by atoms with Crippen LogP contribution in [0.25, 0.3) is 0 Å². The van der Waals surface area contributed by atoms with Crippen LogP contribution in [-0.4, -0.2) is 28.6 Å². The number of ether oxygens (including phenoxy) is 2. The van der Waals surface area contributed by atoms with Crippen molar-refractivity contribution in [2.24, 2.45) is 0 Å². The maximum absolute atomic E-state index is 13.3. The van der Waals surface area contributed by atoms with Gasteiger partial charge in [-0.2, -0.15) is 26.3 Å². The molecule has 12 heteroatoms. The average Bonchev–Trinajstić information content (AvgIpc) is 2.61. The van der Waals surface area contributed by atoms with E-state index in [1.165, 1.54) is 37.3 Å². The molecule has 2 aromatic rings. The zero-order chi connectivity index (χ0) is 22.0. The van der Waals surface area contributed by atoms with Crippen LogP contribution in [-0.2, 0) is 12.4 Å². The quantitative estimate of drug-likeness (QED) is 0.566. The Morgan fingerprint density at radius 3 is 1.97 bits per heavy atom. The fourth-order valence-corrected chi connectivity index (χ4v) is 2.24. The number of carboxylic acid groups (broad SMARTS) is 1. The van der Waals surface area contributed by atoms with Crippen LogP contribution in [0.5, 0.6) is 11.5 Å². The SMILES string of the molecule is CCOc1c(C(F)(F)F)nc(C(F)(F)F)c(C(=O)O)c1OC(=O)c1ccccc1. The molecule has 0 amide bonds. The summed E-state index contributed by atoms with van der Waals surface area (Å²) in [6.45, 7) is 0.687. The number of alkyl halides is 6. The number of aromatic nitrogens is 1. The average molecular weight is 423 g/mol. The van der Waals surface area contributed by atoms with Gasteiger partial charge in [-0.25, -0.2) is 14.6 Å². The first kappa shape index (κ1) is 22.0. The zero-order valence-corrected chi connectivity index (χ0v) is 14.4. The molecule has 6 nitrogen and oxygen atoms in total. The molecule has 29 heavy (non-hydrogen) atoms. The first-order valence-electron chi connectivity index (χ1n) is 7.73. The smallest absolute Gasteiger partial charge is 0.437 e. The van der Waals surface area contributed by atoms with Crippen molar-refractivity contribution in [3.8, 4) is 11.5 Å². The summed E-state index contributed by atoms with van der Waals surface area (Å²) >= 11 is 0. The minimum Gasteiger partial charge on any atom is -0.488 e. The van der Waals surface area contributed by atoms with Crippen molar-refractivity contribution in [3.63, 3.8) is 0 Å². The predicted octanol–water partition coefficient (Wildman–Crippen LogP) is 4.44. The number of hydrogen-bond donors (Lipinski definition) is 1. The van der Waals surface area contributed by atoms with Gasteiger partial charge in [0, 0.05) is 0 Å². The standard InChI is InChI=1S/C17H11F6NO5/c1-2-28-11-10(29-15(27)8-6-4-3-5-7-8)9(14(25)26)12(16(18,19)20)24-13(11)17(21,22)23/h3-7H,2H2,1H3,(H,25,26). The van der Waals surface area contributed by atoms with Crippen LogP contribution in [0.4, 0.5) is 26.3 Å². The number of carboxylic acids is 1. The van der Waals surface area contributed by atoms with Crippen molar-refractivity contribution in [2.45, 2.75) is 19.3 Å². The van der Waals surface area contributed by atoms with Gasteiger partial charge in [0.1, 0.15) is 5.56 Å². The number of nitrogens with zero attached hydrogens (tertiary/aromatic N) is 1. The molecule has 2 rings (SSSR count). The third-order valence-corrected chi connectivity index (χ3v) is 3.35. The lowest BCUT2D eigenvalue weighted by atomic mass is 10.1. The Labute approximate surface area is 158 Å². The summed E-state index contributed by atoms with van der Waals surface area (Å²) in [7, 11) is 0. The van der Waals surface area contributed by atoms with E-state index in [2.05, 4.69) is 9.72 Å². The summed E-state index contributed by atoms with van der Waals surface area (Å²) in [4.78, 5) is 26.1. The zero-order valence-electron chi connectivity index (χ0n) is 14.4. The van der Waals surface area contributed by atoms with Crippen molar-refractivity contribution in [2.75, 3.05) is 6.61 Å². The highest BCUT2D eigenvalue weighted by Crippen LogP contribution is 2.46. The molecular weight excluding hydrogens is 412 g/mol. The van der Waals surface area contributed by atoms with Gasteiger partial charge < -0.3 is 14.6 Å². The predicted molar refractivity (Wildman–Crippen MR) is 83.8 cm³/mol. The molecule has 0 saturated carbocycles. The molecule has 1 heterocycles. The highest BCUT2D eigenvalue weighted by molar-refractivity contribution is 5.97. The van der Waals surface area contributed by atoms with Gasteiger partial charge in [0.25, 0.3) is 0 Å². The Morgan fingerprint density at radius 2 is 1.52 bits per heavy atom. The topological polar surface area (TPSA) is 85.7 Å². The fraction of sp³-hybridized carbons (Fsp3) is 0.235. The summed E-state index contributed by atoms with van der Waals surface area (Å²) < 4.78 is 89.1. The number of halogens is 6. The number of carbonyl (C=O) groups is 2. The highest BCUT2D eigenvalue weighted by Gasteiger charge is 2.47. The van der Waals surface area contributed by atoms with Crippen LogP contribution in [0, 0.1) is 0 Å². The Hall–Kier alpha value is -3.31. The Morgan fingerprint density at radius 1 is 0.966 bits per heavy atom. The van der Waals surface area contributed by atoms with Crippen LogP contribution < -0.4 is 9.47 Å². The van der Waals surface area contributed by atoms with Crippen LogP contribution in [0.1, 0.15) is 39.0 Å². The minimum atomic E-state index is -5.59. The first-order chi connectivity index (χ1) is 13.4. The summed E-state index contributed by atoms with van der Waals surface area (Å²) in [5.74, 6) is -6.67. The molecule has 0 spiro atoms. The van der Waals surface area contributed by atoms with E-state index in [1.54, 1.807) is 0 Å². The Balaban J connectivity index is 2.85. The van der Waals surface area contributed by atoms with E-state index in [1.807, 2.05) is 0 Å². The van der Waals surface area contributed by atoms with Gasteiger partial charge in [-0.1, -0.05) is 18.2 Å². The highest BCUT2D eigenvalue weighted by atomic mass is 19.4. The third kappa shape index (κ3) is 4.76. The molecule has 0 aliphatic rings. The van der Waals surface area contributed by atoms with E-state index in [9.17, 15) is 41.0 Å². The molecule has 1 aromatic heterocycles. The van der Waals surface area contributed by atoms with E-state index < -0.39 is 59.3 Å². The lowest BCUT2D eigenvalue weighted by Gasteiger charge is -2.20. The van der Waals surface area contributed by atoms with E-state index in [0.717, 1.165) is 0 Å². The van der Waals surface area contributed by atoms with E-state index >= 15 is 0 Å². The molecule has 156 valence electrons. The van der Waals surface area contributed by atoms with Gasteiger partial charge in [0.2, 0.25) is 0 Å². The molecule has 1 N–H and O–H groups in total. The molecule has 0 atom stereocenters. The number of carbonyl (C=O) groups excluding carboxylic acids is 1. The van der Waals surface area contributed by atoms with E-state index in [0.29, 0.717) is 0 Å². The monoisotopic (exact) mass is 423 g/mol. The number of rotatable bonds is 5. The lowest BCUT2D eigenvalue weighted by Crippen LogP contribution is -2.24. The Bertz CT molecular complexity index is 925. The molecule has 0 unspecified atom stereocenters. The van der Waals surface area contributed by atoms with Crippen molar-refractivity contribution in [1.29, 1.82) is 0 Å². The van der Waals surface area contributed by atoms with Crippen molar-refractivity contribution in [3.05, 3.63) is 52.8 Å². The van der Waals surface area contributed by atoms with Crippen LogP contribution in [0.15, 0.2) is 30.3 Å². The fourth-order valence-electron chi connectivity index (χ4n) is 2.24. The normalized spacial score (nSPS) is 11.8. The van der Waals surface area contributed by atoms with Crippen molar-refractivity contribution >= 4 is 11.9 Å². The van der Waals surface area contributed by atoms with Crippen molar-refractivity contribution < 1.29 is 50.5 Å². The molecule has 0 saturated heterocycles. The molecule has 1 aromatic carbocycles. The number of benzene rings is 1. The van der Waals surface area contributed by atoms with Gasteiger partial charge in [-0.05, 0) is 19.1 Å². The van der Waals surface area contributed by atoms with Crippen LogP contribution in [0.3, 0.4) is 0 Å². The largest absolute Gasteiger partial charge is 0.488 e. The number of aromatic carboxylic acids is 1. The maximum atomic E-state index is 13.3. The Kier molecular flexibility index (Phi) is 6.04. The van der Waals surface area contributed by atoms with Crippen LogP contribution >= 0.6 is 0 Å². The number of hydrogen-bond acceptors (Lipinski definition) is 5. The van der Waals surface area contributed by atoms with Gasteiger partial charge in [-0.3, -0.25) is 0 Å². The summed E-state index contributed by atoms with van der Waals surface area (Å²) in [5, 5.41) is 9.21. The maximum Gasteiger partial charge on any atom is 0.437 e. The summed E-state index contributed by atoms with van der Waals surface area (Å²) in [6.07, 6.45) is -11.1. The van der Waals surface area contributed by atoms with Gasteiger partial charge in [0.15, 0.2) is 22.9 Å². The second-order valence-electron chi connectivity index (χ2n) is 5.33. The third-order valence-electron chi connectivity index (χ3n) is 3.35. The van der Waals surface area contributed by atoms with E-state index in [-0.39, 0.29) is 5.56 Å².